The third-order valence-electron chi connectivity index (χ3n) is 5.21. The molecule has 1 aromatic rings. The number of benzene rings is 1. The predicted octanol–water partition coefficient (Wildman–Crippen LogP) is 4.58. The van der Waals surface area contributed by atoms with Gasteiger partial charge in [0.05, 0.1) is 10.6 Å². The third-order valence-corrected chi connectivity index (χ3v) is 5.54. The van der Waals surface area contributed by atoms with E-state index in [0.29, 0.717) is 17.9 Å². The number of hydrogen-bond acceptors (Lipinski definition) is 2. The van der Waals surface area contributed by atoms with E-state index >= 15 is 0 Å². The van der Waals surface area contributed by atoms with E-state index in [4.69, 9.17) is 11.6 Å². The summed E-state index contributed by atoms with van der Waals surface area (Å²) in [5, 5.41) is 9.16. The van der Waals surface area contributed by atoms with Crippen molar-refractivity contribution in [1.29, 1.82) is 0 Å². The first-order valence-corrected chi connectivity index (χ1v) is 8.49. The minimum absolute atomic E-state index is 0.143. The van der Waals surface area contributed by atoms with Crippen molar-refractivity contribution >= 4 is 17.6 Å². The molecule has 3 nitrogen and oxygen atoms in total. The normalized spacial score (nSPS) is 27.9. The molecule has 0 spiro atoms. The Morgan fingerprint density at radius 2 is 2.00 bits per heavy atom. The van der Waals surface area contributed by atoms with Gasteiger partial charge >= 0.3 is 12.1 Å². The summed E-state index contributed by atoms with van der Waals surface area (Å²) < 4.78 is 39.1. The summed E-state index contributed by atoms with van der Waals surface area (Å²) in [6.45, 7) is 0.207. The summed E-state index contributed by atoms with van der Waals surface area (Å²) in [5.74, 6) is -0.566. The van der Waals surface area contributed by atoms with Gasteiger partial charge in [-0.1, -0.05) is 30.5 Å². The Balaban J connectivity index is 1.87. The van der Waals surface area contributed by atoms with Gasteiger partial charge in [-0.25, -0.2) is 0 Å². The second kappa shape index (κ2) is 6.56. The van der Waals surface area contributed by atoms with Crippen molar-refractivity contribution in [2.45, 2.75) is 56.9 Å². The van der Waals surface area contributed by atoms with Crippen molar-refractivity contribution in [2.75, 3.05) is 0 Å². The highest BCUT2D eigenvalue weighted by Crippen LogP contribution is 2.41. The van der Waals surface area contributed by atoms with Crippen LogP contribution < -0.4 is 0 Å². The van der Waals surface area contributed by atoms with Gasteiger partial charge in [0.15, 0.2) is 0 Å². The number of alkyl halides is 3. The Hall–Kier alpha value is -1.27. The van der Waals surface area contributed by atoms with Crippen molar-refractivity contribution in [3.05, 3.63) is 34.3 Å². The van der Waals surface area contributed by atoms with Crippen LogP contribution in [-0.4, -0.2) is 28.1 Å². The average Bonchev–Trinajstić information content (AvgIpc) is 2.87. The highest BCUT2D eigenvalue weighted by molar-refractivity contribution is 6.31. The first kappa shape index (κ1) is 17.5. The molecule has 1 N–H and O–H groups in total. The van der Waals surface area contributed by atoms with Crippen molar-refractivity contribution in [3.63, 3.8) is 0 Å². The van der Waals surface area contributed by atoms with Gasteiger partial charge in [-0.05, 0) is 42.9 Å². The van der Waals surface area contributed by atoms with E-state index in [1.807, 2.05) is 4.90 Å². The molecule has 3 unspecified atom stereocenters. The van der Waals surface area contributed by atoms with Gasteiger partial charge in [-0.3, -0.25) is 9.69 Å². The highest BCUT2D eigenvalue weighted by atomic mass is 35.5. The molecule has 0 aromatic heterocycles. The maximum atomic E-state index is 13.0. The van der Waals surface area contributed by atoms with Crippen LogP contribution in [0.15, 0.2) is 18.2 Å². The largest absolute Gasteiger partial charge is 0.480 e. The molecule has 0 radical (unpaired) electrons. The van der Waals surface area contributed by atoms with Crippen LogP contribution in [-0.2, 0) is 17.5 Å². The molecular weight excluding hydrogens is 343 g/mol. The number of halogens is 4. The highest BCUT2D eigenvalue weighted by Gasteiger charge is 2.45. The van der Waals surface area contributed by atoms with Crippen LogP contribution in [0.1, 0.15) is 43.2 Å². The Morgan fingerprint density at radius 3 is 2.67 bits per heavy atom. The second-order valence-electron chi connectivity index (χ2n) is 6.69. The number of nitrogens with zero attached hydrogens (tertiary/aromatic N) is 1. The lowest BCUT2D eigenvalue weighted by atomic mass is 9.84. The van der Waals surface area contributed by atoms with E-state index in [9.17, 15) is 23.1 Å². The number of hydrogen-bond donors (Lipinski definition) is 1. The number of carboxylic acid groups (broad SMARTS) is 1. The summed E-state index contributed by atoms with van der Waals surface area (Å²) in [6, 6.07) is 3.35. The molecule has 3 atom stereocenters. The lowest BCUT2D eigenvalue weighted by Gasteiger charge is -2.33. The summed E-state index contributed by atoms with van der Waals surface area (Å²) in [5.41, 5.74) is -0.419. The second-order valence-corrected chi connectivity index (χ2v) is 7.09. The zero-order valence-corrected chi connectivity index (χ0v) is 13.8. The molecule has 1 aliphatic heterocycles. The Labute approximate surface area is 143 Å². The number of aliphatic carboxylic acids is 1. The molecule has 0 amide bonds. The van der Waals surface area contributed by atoms with Gasteiger partial charge in [0.1, 0.15) is 6.04 Å². The van der Waals surface area contributed by atoms with Crippen LogP contribution in [0.4, 0.5) is 13.2 Å². The molecule has 2 fully saturated rings. The fourth-order valence-electron chi connectivity index (χ4n) is 4.12. The molecule has 2 aliphatic rings. The van der Waals surface area contributed by atoms with Gasteiger partial charge in [0.25, 0.3) is 0 Å². The molecule has 3 rings (SSSR count). The van der Waals surface area contributed by atoms with E-state index in [-0.39, 0.29) is 17.6 Å². The lowest BCUT2D eigenvalue weighted by Crippen LogP contribution is -2.41. The molecule has 24 heavy (non-hydrogen) atoms. The van der Waals surface area contributed by atoms with Gasteiger partial charge in [0.2, 0.25) is 0 Å². The molecule has 132 valence electrons. The van der Waals surface area contributed by atoms with E-state index in [0.717, 1.165) is 31.7 Å². The smallest absolute Gasteiger partial charge is 0.417 e. The monoisotopic (exact) mass is 361 g/mol. The van der Waals surface area contributed by atoms with E-state index in [1.165, 1.54) is 6.07 Å². The van der Waals surface area contributed by atoms with Crippen molar-refractivity contribution in [3.8, 4) is 0 Å². The number of carbonyl (C=O) groups is 1. The van der Waals surface area contributed by atoms with Crippen LogP contribution >= 0.6 is 11.6 Å². The van der Waals surface area contributed by atoms with Crippen molar-refractivity contribution < 1.29 is 23.1 Å². The molecule has 7 heteroatoms. The molecule has 1 saturated carbocycles. The summed E-state index contributed by atoms with van der Waals surface area (Å²) in [6.07, 6.45) is 0.115. The number of fused-ring (bicyclic) bond motifs is 1. The number of rotatable bonds is 3. The van der Waals surface area contributed by atoms with Crippen LogP contribution in [0.5, 0.6) is 0 Å². The van der Waals surface area contributed by atoms with Gasteiger partial charge < -0.3 is 5.11 Å². The Kier molecular flexibility index (Phi) is 4.80. The molecule has 1 aromatic carbocycles. The minimum Gasteiger partial charge on any atom is -0.480 e. The fraction of sp³-hybridized carbons (Fsp3) is 0.588. The zero-order chi connectivity index (χ0) is 17.5. The summed E-state index contributed by atoms with van der Waals surface area (Å²) in [7, 11) is 0. The quantitative estimate of drug-likeness (QED) is 0.856. The Bertz CT molecular complexity index is 635. The molecule has 0 bridgehead atoms. The summed E-state index contributed by atoms with van der Waals surface area (Å²) in [4.78, 5) is 13.5. The van der Waals surface area contributed by atoms with E-state index in [1.54, 1.807) is 6.07 Å². The Morgan fingerprint density at radius 1 is 1.29 bits per heavy atom. The molecule has 1 heterocycles. The maximum Gasteiger partial charge on any atom is 0.417 e. The molecule has 1 saturated heterocycles. The minimum atomic E-state index is -4.52. The van der Waals surface area contributed by atoms with Crippen LogP contribution in [0.2, 0.25) is 5.02 Å². The van der Waals surface area contributed by atoms with Gasteiger partial charge in [-0.15, -0.1) is 0 Å². The molecule has 1 aliphatic carbocycles. The van der Waals surface area contributed by atoms with E-state index < -0.39 is 23.8 Å². The van der Waals surface area contributed by atoms with E-state index in [2.05, 4.69) is 0 Å². The SMILES string of the molecule is O=C(O)C1CC2CCCCC2N1Cc1ccc(Cl)c(C(F)(F)F)c1. The van der Waals surface area contributed by atoms with Crippen molar-refractivity contribution in [2.24, 2.45) is 5.92 Å². The third kappa shape index (κ3) is 3.40. The topological polar surface area (TPSA) is 40.5 Å². The first-order valence-electron chi connectivity index (χ1n) is 8.11. The average molecular weight is 362 g/mol. The first-order chi connectivity index (χ1) is 11.3. The number of carboxylic acids is 1. The van der Waals surface area contributed by atoms with Crippen LogP contribution in [0.3, 0.4) is 0 Å². The molecular formula is C17H19ClF3NO2. The van der Waals surface area contributed by atoms with Gasteiger partial charge in [0, 0.05) is 12.6 Å². The summed E-state index contributed by atoms with van der Waals surface area (Å²) >= 11 is 5.66. The maximum absolute atomic E-state index is 13.0. The predicted molar refractivity (Wildman–Crippen MR) is 83.8 cm³/mol. The standard InChI is InChI=1S/C17H19ClF3NO2/c18-13-6-5-10(7-12(13)17(19,20)21)9-22-14-4-2-1-3-11(14)8-15(22)16(23)24/h5-7,11,14-15H,1-4,8-9H2,(H,23,24). The van der Waals surface area contributed by atoms with Crippen LogP contribution in [0, 0.1) is 5.92 Å². The van der Waals surface area contributed by atoms with Crippen LogP contribution in [0.25, 0.3) is 0 Å². The number of likely N-dealkylation sites (tertiary alicyclic amines) is 1. The fourth-order valence-corrected chi connectivity index (χ4v) is 4.35. The van der Waals surface area contributed by atoms with Gasteiger partial charge in [-0.2, -0.15) is 13.2 Å². The van der Waals surface area contributed by atoms with Crippen molar-refractivity contribution in [1.82, 2.24) is 4.90 Å². The zero-order valence-electron chi connectivity index (χ0n) is 13.0. The lowest BCUT2D eigenvalue weighted by molar-refractivity contribution is -0.143.